The molecule has 1 saturated heterocycles. The summed E-state index contributed by atoms with van der Waals surface area (Å²) in [6.45, 7) is 8.07. The molecule has 1 atom stereocenters. The van der Waals surface area contributed by atoms with E-state index in [1.807, 2.05) is 6.07 Å². The molecule has 3 rings (SSSR count). The molecule has 1 aromatic heterocycles. The Kier molecular flexibility index (Phi) is 7.26. The van der Waals surface area contributed by atoms with Crippen molar-refractivity contribution in [3.63, 3.8) is 0 Å². The van der Waals surface area contributed by atoms with Crippen LogP contribution in [-0.4, -0.2) is 62.3 Å². The fourth-order valence-electron chi connectivity index (χ4n) is 3.66. The lowest BCUT2D eigenvalue weighted by Crippen LogP contribution is -2.48. The van der Waals surface area contributed by atoms with Crippen LogP contribution in [0.15, 0.2) is 6.07 Å². The van der Waals surface area contributed by atoms with Crippen molar-refractivity contribution in [2.45, 2.75) is 45.6 Å². The highest BCUT2D eigenvalue weighted by Gasteiger charge is 2.22. The molecule has 0 saturated carbocycles. The van der Waals surface area contributed by atoms with E-state index in [2.05, 4.69) is 24.1 Å². The minimum atomic E-state index is -0.401. The van der Waals surface area contributed by atoms with Crippen LogP contribution in [-0.2, 0) is 27.1 Å². The van der Waals surface area contributed by atoms with E-state index in [0.717, 1.165) is 32.5 Å². The number of fused-ring (bicyclic) bond motifs is 1. The van der Waals surface area contributed by atoms with Crippen LogP contribution in [0.25, 0.3) is 0 Å². The van der Waals surface area contributed by atoms with Gasteiger partial charge in [0.05, 0.1) is 12.7 Å². The van der Waals surface area contributed by atoms with Gasteiger partial charge in [-0.15, -0.1) is 11.3 Å². The Morgan fingerprint density at radius 1 is 1.37 bits per heavy atom. The molecule has 1 aliphatic heterocycles. The predicted molar refractivity (Wildman–Crippen MR) is 105 cm³/mol. The Morgan fingerprint density at radius 3 is 2.96 bits per heavy atom. The summed E-state index contributed by atoms with van der Waals surface area (Å²) in [5, 5.41) is 2.82. The van der Waals surface area contributed by atoms with E-state index < -0.39 is 5.97 Å². The van der Waals surface area contributed by atoms with E-state index in [-0.39, 0.29) is 18.6 Å². The molecule has 1 aromatic rings. The van der Waals surface area contributed by atoms with Crippen LogP contribution in [0.3, 0.4) is 0 Å². The van der Waals surface area contributed by atoms with Crippen LogP contribution in [0.5, 0.6) is 0 Å². The van der Waals surface area contributed by atoms with Gasteiger partial charge in [-0.05, 0) is 43.2 Å². The molecule has 0 bridgehead atoms. The summed E-state index contributed by atoms with van der Waals surface area (Å²) in [7, 11) is 0. The van der Waals surface area contributed by atoms with Gasteiger partial charge in [0.25, 0.3) is 5.91 Å². The lowest BCUT2D eigenvalue weighted by molar-refractivity contribution is -0.125. The number of ether oxygens (including phenoxy) is 2. The quantitative estimate of drug-likeness (QED) is 0.719. The van der Waals surface area contributed by atoms with Gasteiger partial charge in [0.1, 0.15) is 4.88 Å². The molecule has 1 aliphatic carbocycles. The number of nitrogens with zero attached hydrogens (tertiary/aromatic N) is 1. The van der Waals surface area contributed by atoms with E-state index in [1.165, 1.54) is 34.6 Å². The topological polar surface area (TPSA) is 67.9 Å². The Balaban J connectivity index is 1.38. The van der Waals surface area contributed by atoms with E-state index in [4.69, 9.17) is 9.47 Å². The lowest BCUT2D eigenvalue weighted by atomic mass is 9.99. The molecule has 0 spiro atoms. The van der Waals surface area contributed by atoms with E-state index in [0.29, 0.717) is 23.9 Å². The number of carbonyl (C=O) groups excluding carboxylic acids is 2. The molecule has 6 nitrogen and oxygen atoms in total. The largest absolute Gasteiger partial charge is 0.451 e. The molecule has 1 unspecified atom stereocenters. The maximum Gasteiger partial charge on any atom is 0.348 e. The molecular formula is C20H30N2O4S. The maximum absolute atomic E-state index is 12.2. The summed E-state index contributed by atoms with van der Waals surface area (Å²) in [5.41, 5.74) is 1.27. The second-order valence-corrected chi connectivity index (χ2v) is 8.93. The van der Waals surface area contributed by atoms with Gasteiger partial charge in [-0.25, -0.2) is 4.79 Å². The fourth-order valence-corrected chi connectivity index (χ4v) is 4.81. The number of amides is 1. The molecule has 2 heterocycles. The molecule has 150 valence electrons. The van der Waals surface area contributed by atoms with Crippen molar-refractivity contribution in [1.82, 2.24) is 10.2 Å². The Bertz CT molecular complexity index is 635. The second-order valence-electron chi connectivity index (χ2n) is 7.79. The van der Waals surface area contributed by atoms with Crippen molar-refractivity contribution in [2.75, 3.05) is 39.4 Å². The molecule has 7 heteroatoms. The third-order valence-electron chi connectivity index (χ3n) is 4.91. The standard InChI is InChI=1S/C20H30N2O4S/c1-14(2)11-22-7-8-25-16(12-22)10-21-19(23)13-26-20(24)18-9-15-5-3-4-6-17(15)27-18/h9,14,16H,3-8,10-13H2,1-2H3,(H,21,23). The summed E-state index contributed by atoms with van der Waals surface area (Å²) < 4.78 is 10.9. The Labute approximate surface area is 165 Å². The third-order valence-corrected chi connectivity index (χ3v) is 6.12. The number of carbonyl (C=O) groups is 2. The predicted octanol–water partition coefficient (Wildman–Crippen LogP) is 2.26. The first kappa shape index (κ1) is 20.3. The van der Waals surface area contributed by atoms with Crippen molar-refractivity contribution in [2.24, 2.45) is 5.92 Å². The van der Waals surface area contributed by atoms with E-state index in [9.17, 15) is 9.59 Å². The summed E-state index contributed by atoms with van der Waals surface area (Å²) in [6.07, 6.45) is 4.43. The van der Waals surface area contributed by atoms with Gasteiger partial charge < -0.3 is 14.8 Å². The van der Waals surface area contributed by atoms with Gasteiger partial charge in [0, 0.05) is 31.1 Å². The number of aryl methyl sites for hydroxylation is 2. The molecular weight excluding hydrogens is 364 g/mol. The number of esters is 1. The molecule has 27 heavy (non-hydrogen) atoms. The van der Waals surface area contributed by atoms with E-state index >= 15 is 0 Å². The number of hydrogen-bond acceptors (Lipinski definition) is 6. The smallest absolute Gasteiger partial charge is 0.348 e. The highest BCUT2D eigenvalue weighted by Crippen LogP contribution is 2.29. The second kappa shape index (κ2) is 9.66. The zero-order chi connectivity index (χ0) is 19.2. The normalized spacial score (nSPS) is 20.3. The van der Waals surface area contributed by atoms with Crippen molar-refractivity contribution < 1.29 is 19.1 Å². The van der Waals surface area contributed by atoms with Gasteiger partial charge in [0.2, 0.25) is 0 Å². The molecule has 1 fully saturated rings. The zero-order valence-electron chi connectivity index (χ0n) is 16.3. The molecule has 1 amide bonds. The van der Waals surface area contributed by atoms with Crippen LogP contribution in [0.1, 0.15) is 46.8 Å². The van der Waals surface area contributed by atoms with Crippen LogP contribution >= 0.6 is 11.3 Å². The number of nitrogens with one attached hydrogen (secondary N) is 1. The van der Waals surface area contributed by atoms with Crippen LogP contribution in [0, 0.1) is 5.92 Å². The Morgan fingerprint density at radius 2 is 2.19 bits per heavy atom. The van der Waals surface area contributed by atoms with Gasteiger partial charge in [-0.1, -0.05) is 13.8 Å². The molecule has 0 aromatic carbocycles. The average molecular weight is 395 g/mol. The summed E-state index contributed by atoms with van der Waals surface area (Å²) in [5.74, 6) is -0.0727. The first-order chi connectivity index (χ1) is 13.0. The number of morpholine rings is 1. The highest BCUT2D eigenvalue weighted by molar-refractivity contribution is 7.14. The summed E-state index contributed by atoms with van der Waals surface area (Å²) in [6, 6.07) is 1.93. The van der Waals surface area contributed by atoms with Gasteiger partial charge in [-0.3, -0.25) is 9.69 Å². The van der Waals surface area contributed by atoms with Crippen molar-refractivity contribution in [3.8, 4) is 0 Å². The van der Waals surface area contributed by atoms with E-state index in [1.54, 1.807) is 0 Å². The molecule has 1 N–H and O–H groups in total. The maximum atomic E-state index is 12.2. The molecule has 2 aliphatic rings. The number of hydrogen-bond donors (Lipinski definition) is 1. The van der Waals surface area contributed by atoms with Gasteiger partial charge >= 0.3 is 5.97 Å². The first-order valence-corrected chi connectivity index (χ1v) is 10.7. The van der Waals surface area contributed by atoms with Crippen molar-refractivity contribution in [3.05, 3.63) is 21.4 Å². The molecule has 0 radical (unpaired) electrons. The lowest BCUT2D eigenvalue weighted by Gasteiger charge is -2.33. The third kappa shape index (κ3) is 6.02. The van der Waals surface area contributed by atoms with Crippen molar-refractivity contribution >= 4 is 23.2 Å². The fraction of sp³-hybridized carbons (Fsp3) is 0.700. The monoisotopic (exact) mass is 394 g/mol. The van der Waals surface area contributed by atoms with Crippen LogP contribution in [0.4, 0.5) is 0 Å². The highest BCUT2D eigenvalue weighted by atomic mass is 32.1. The number of thiophene rings is 1. The van der Waals surface area contributed by atoms with Crippen LogP contribution in [0.2, 0.25) is 0 Å². The van der Waals surface area contributed by atoms with Gasteiger partial charge in [0.15, 0.2) is 6.61 Å². The Hall–Kier alpha value is -1.44. The van der Waals surface area contributed by atoms with Crippen LogP contribution < -0.4 is 5.32 Å². The number of rotatable bonds is 7. The SMILES string of the molecule is CC(C)CN1CCOC(CNC(=O)COC(=O)c2cc3c(s2)CCCC3)C1. The van der Waals surface area contributed by atoms with Gasteiger partial charge in [-0.2, -0.15) is 0 Å². The minimum Gasteiger partial charge on any atom is -0.451 e. The summed E-state index contributed by atoms with van der Waals surface area (Å²) in [4.78, 5) is 28.5. The first-order valence-electron chi connectivity index (χ1n) is 9.90. The van der Waals surface area contributed by atoms with Crippen molar-refractivity contribution in [1.29, 1.82) is 0 Å². The zero-order valence-corrected chi connectivity index (χ0v) is 17.1. The minimum absolute atomic E-state index is 0.0128. The average Bonchev–Trinajstić information content (AvgIpc) is 3.08. The summed E-state index contributed by atoms with van der Waals surface area (Å²) >= 11 is 1.50.